The molecule has 0 saturated carbocycles. The summed E-state index contributed by atoms with van der Waals surface area (Å²) in [7, 11) is 3.19. The highest BCUT2D eigenvalue weighted by Crippen LogP contribution is 2.27. The normalized spacial score (nSPS) is 15.4. The van der Waals surface area contributed by atoms with Crippen molar-refractivity contribution < 1.29 is 14.1 Å². The molecule has 1 saturated heterocycles. The quantitative estimate of drug-likeness (QED) is 0.605. The van der Waals surface area contributed by atoms with Gasteiger partial charge in [0.1, 0.15) is 0 Å². The predicted molar refractivity (Wildman–Crippen MR) is 90.3 cm³/mol. The Bertz CT molecular complexity index is 771. The van der Waals surface area contributed by atoms with E-state index in [1.54, 1.807) is 17.7 Å². The van der Waals surface area contributed by atoms with Crippen LogP contribution in [0.5, 0.6) is 5.75 Å². The second-order valence-electron chi connectivity index (χ2n) is 5.99. The molecule has 2 heterocycles. The average Bonchev–Trinajstić information content (AvgIpc) is 2.98. The molecule has 0 atom stereocenters. The van der Waals surface area contributed by atoms with Crippen molar-refractivity contribution in [2.75, 3.05) is 38.2 Å². The fourth-order valence-electron chi connectivity index (χ4n) is 3.09. The van der Waals surface area contributed by atoms with E-state index in [-0.39, 0.29) is 17.4 Å². The second kappa shape index (κ2) is 7.06. The molecule has 9 heteroatoms. The first-order valence-corrected chi connectivity index (χ1v) is 7.95. The van der Waals surface area contributed by atoms with Crippen LogP contribution in [0.2, 0.25) is 0 Å². The summed E-state index contributed by atoms with van der Waals surface area (Å²) in [4.78, 5) is 18.7. The molecule has 134 valence electrons. The molecule has 1 aromatic heterocycles. The van der Waals surface area contributed by atoms with E-state index in [4.69, 9.17) is 4.74 Å². The van der Waals surface area contributed by atoms with Crippen molar-refractivity contribution in [2.45, 2.75) is 6.54 Å². The van der Waals surface area contributed by atoms with Gasteiger partial charge in [-0.3, -0.25) is 9.47 Å². The van der Waals surface area contributed by atoms with Crippen molar-refractivity contribution in [3.8, 4) is 5.75 Å². The zero-order valence-corrected chi connectivity index (χ0v) is 14.2. The molecule has 0 unspecified atom stereocenters. The number of halogens is 1. The summed E-state index contributed by atoms with van der Waals surface area (Å²) >= 11 is 0. The Balaban J connectivity index is 1.64. The lowest BCUT2D eigenvalue weighted by molar-refractivity contribution is -0.388. The third-order valence-electron chi connectivity index (χ3n) is 4.35. The van der Waals surface area contributed by atoms with Crippen LogP contribution in [0.15, 0.2) is 24.5 Å². The average molecular weight is 349 g/mol. The minimum Gasteiger partial charge on any atom is -0.494 e. The predicted octanol–water partition coefficient (Wildman–Crippen LogP) is 1.80. The van der Waals surface area contributed by atoms with E-state index in [1.807, 2.05) is 11.0 Å². The number of piperazine rings is 1. The Morgan fingerprint density at radius 2 is 2.04 bits per heavy atom. The monoisotopic (exact) mass is 349 g/mol. The number of rotatable bonds is 5. The molecule has 0 bridgehead atoms. The molecule has 0 amide bonds. The third kappa shape index (κ3) is 3.55. The second-order valence-corrected chi connectivity index (χ2v) is 5.99. The maximum atomic E-state index is 13.8. The fraction of sp³-hybridized carbons (Fsp3) is 0.438. The molecule has 0 spiro atoms. The minimum absolute atomic E-state index is 0.117. The lowest BCUT2D eigenvalue weighted by Crippen LogP contribution is -2.46. The van der Waals surface area contributed by atoms with Crippen molar-refractivity contribution in [3.05, 3.63) is 46.0 Å². The SMILES string of the molecule is COc1ccc(CN2CCN(c3c([N+](=O)[O-])ncn3C)CC2)cc1F. The van der Waals surface area contributed by atoms with Gasteiger partial charge in [0.15, 0.2) is 11.6 Å². The third-order valence-corrected chi connectivity index (χ3v) is 4.35. The first-order chi connectivity index (χ1) is 12.0. The number of aromatic nitrogens is 2. The van der Waals surface area contributed by atoms with Gasteiger partial charge in [-0.15, -0.1) is 0 Å². The summed E-state index contributed by atoms with van der Waals surface area (Å²) in [6.07, 6.45) is 1.46. The van der Waals surface area contributed by atoms with Crippen molar-refractivity contribution >= 4 is 11.6 Å². The molecule has 1 aromatic carbocycles. The molecule has 3 rings (SSSR count). The first kappa shape index (κ1) is 17.2. The van der Waals surface area contributed by atoms with Crippen molar-refractivity contribution in [2.24, 2.45) is 7.05 Å². The standard InChI is InChI=1S/C16H20FN5O3/c1-19-11-18-15(22(23)24)16(19)21-7-5-20(6-8-21)10-12-3-4-14(25-2)13(17)9-12/h3-4,9,11H,5-8,10H2,1-2H3. The number of methoxy groups -OCH3 is 1. The Kier molecular flexibility index (Phi) is 4.84. The molecular weight excluding hydrogens is 329 g/mol. The number of benzene rings is 1. The van der Waals surface area contributed by atoms with Gasteiger partial charge < -0.3 is 19.8 Å². The maximum absolute atomic E-state index is 13.8. The van der Waals surface area contributed by atoms with E-state index in [1.165, 1.54) is 19.5 Å². The van der Waals surface area contributed by atoms with Gasteiger partial charge in [-0.2, -0.15) is 0 Å². The molecule has 8 nitrogen and oxygen atoms in total. The zero-order valence-electron chi connectivity index (χ0n) is 14.2. The molecule has 1 aliphatic heterocycles. The molecule has 1 fully saturated rings. The van der Waals surface area contributed by atoms with Crippen molar-refractivity contribution in [1.82, 2.24) is 14.5 Å². The Hall–Kier alpha value is -2.68. The Labute approximate surface area is 144 Å². The summed E-state index contributed by atoms with van der Waals surface area (Å²) < 4.78 is 20.4. The van der Waals surface area contributed by atoms with Crippen LogP contribution in [0.3, 0.4) is 0 Å². The highest BCUT2D eigenvalue weighted by atomic mass is 19.1. The summed E-state index contributed by atoms with van der Waals surface area (Å²) in [5.74, 6) is 0.273. The van der Waals surface area contributed by atoms with E-state index in [0.29, 0.717) is 25.5 Å². The summed E-state index contributed by atoms with van der Waals surface area (Å²) in [5, 5.41) is 11.1. The van der Waals surface area contributed by atoms with Gasteiger partial charge >= 0.3 is 5.82 Å². The van der Waals surface area contributed by atoms with Gasteiger partial charge in [-0.25, -0.2) is 4.39 Å². The molecule has 25 heavy (non-hydrogen) atoms. The number of nitro groups is 1. The lowest BCUT2D eigenvalue weighted by Gasteiger charge is -2.35. The van der Waals surface area contributed by atoms with E-state index in [9.17, 15) is 14.5 Å². The molecule has 1 aliphatic rings. The summed E-state index contributed by atoms with van der Waals surface area (Å²) in [6.45, 7) is 3.40. The molecule has 2 aromatic rings. The van der Waals surface area contributed by atoms with Crippen LogP contribution in [0.25, 0.3) is 0 Å². The van der Waals surface area contributed by atoms with Crippen LogP contribution >= 0.6 is 0 Å². The van der Waals surface area contributed by atoms with Gasteiger partial charge in [-0.1, -0.05) is 6.07 Å². The van der Waals surface area contributed by atoms with Gasteiger partial charge in [0.25, 0.3) is 0 Å². The number of anilines is 1. The molecule has 0 aliphatic carbocycles. The van der Waals surface area contributed by atoms with Crippen LogP contribution in [-0.2, 0) is 13.6 Å². The lowest BCUT2D eigenvalue weighted by atomic mass is 10.2. The molecule has 0 radical (unpaired) electrons. The maximum Gasteiger partial charge on any atom is 0.406 e. The fourth-order valence-corrected chi connectivity index (χ4v) is 3.09. The van der Waals surface area contributed by atoms with E-state index in [0.717, 1.165) is 18.7 Å². The van der Waals surface area contributed by atoms with Gasteiger partial charge in [0.2, 0.25) is 12.1 Å². The van der Waals surface area contributed by atoms with Gasteiger partial charge in [0, 0.05) is 39.8 Å². The van der Waals surface area contributed by atoms with Crippen molar-refractivity contribution in [1.29, 1.82) is 0 Å². The van der Waals surface area contributed by atoms with Crippen LogP contribution in [0.4, 0.5) is 16.0 Å². The highest BCUT2D eigenvalue weighted by molar-refractivity contribution is 5.54. The van der Waals surface area contributed by atoms with Gasteiger partial charge in [0.05, 0.1) is 7.11 Å². The van der Waals surface area contributed by atoms with Crippen LogP contribution in [-0.4, -0.2) is 52.7 Å². The summed E-state index contributed by atoms with van der Waals surface area (Å²) in [5.41, 5.74) is 0.873. The van der Waals surface area contributed by atoms with E-state index in [2.05, 4.69) is 9.88 Å². The van der Waals surface area contributed by atoms with Crippen LogP contribution < -0.4 is 9.64 Å². The van der Waals surface area contributed by atoms with Crippen LogP contribution in [0, 0.1) is 15.9 Å². The highest BCUT2D eigenvalue weighted by Gasteiger charge is 2.28. The zero-order chi connectivity index (χ0) is 18.0. The Morgan fingerprint density at radius 1 is 1.32 bits per heavy atom. The number of imidazole rings is 1. The topological polar surface area (TPSA) is 76.7 Å². The van der Waals surface area contributed by atoms with E-state index >= 15 is 0 Å². The number of nitrogens with zero attached hydrogens (tertiary/aromatic N) is 5. The molecule has 0 N–H and O–H groups in total. The number of hydrogen-bond acceptors (Lipinski definition) is 6. The van der Waals surface area contributed by atoms with Gasteiger partial charge in [-0.05, 0) is 27.6 Å². The number of hydrogen-bond donors (Lipinski definition) is 0. The summed E-state index contributed by atoms with van der Waals surface area (Å²) in [6, 6.07) is 4.96. The first-order valence-electron chi connectivity index (χ1n) is 7.95. The Morgan fingerprint density at radius 3 is 2.64 bits per heavy atom. The number of ether oxygens (including phenoxy) is 1. The largest absolute Gasteiger partial charge is 0.494 e. The smallest absolute Gasteiger partial charge is 0.406 e. The number of aryl methyl sites for hydroxylation is 1. The molecular formula is C16H20FN5O3. The van der Waals surface area contributed by atoms with E-state index < -0.39 is 4.92 Å². The van der Waals surface area contributed by atoms with Crippen LogP contribution in [0.1, 0.15) is 5.56 Å². The minimum atomic E-state index is -0.457. The van der Waals surface area contributed by atoms with Crippen molar-refractivity contribution in [3.63, 3.8) is 0 Å².